The van der Waals surface area contributed by atoms with Gasteiger partial charge < -0.3 is 14.2 Å². The number of benzene rings is 2. The Morgan fingerprint density at radius 1 is 0.966 bits per heavy atom. The molecule has 29 heavy (non-hydrogen) atoms. The molecule has 2 aromatic heterocycles. The number of aromatic nitrogens is 2. The van der Waals surface area contributed by atoms with Gasteiger partial charge in [-0.1, -0.05) is 42.5 Å². The van der Waals surface area contributed by atoms with Crippen LogP contribution in [-0.2, 0) is 24.9 Å². The molecule has 5 nitrogen and oxygen atoms in total. The Kier molecular flexibility index (Phi) is 5.56. The maximum Gasteiger partial charge on any atom is 0.261 e. The molecule has 0 aliphatic carbocycles. The van der Waals surface area contributed by atoms with E-state index < -0.39 is 0 Å². The number of carbonyl (C=O) groups excluding carboxylic acids is 1. The van der Waals surface area contributed by atoms with Gasteiger partial charge in [0.1, 0.15) is 5.75 Å². The average molecular weight is 385 g/mol. The maximum atomic E-state index is 13.0. The summed E-state index contributed by atoms with van der Waals surface area (Å²) >= 11 is 0. The van der Waals surface area contributed by atoms with E-state index in [4.69, 9.17) is 4.74 Å². The van der Waals surface area contributed by atoms with Crippen molar-refractivity contribution in [3.8, 4) is 5.75 Å². The van der Waals surface area contributed by atoms with Gasteiger partial charge in [-0.2, -0.15) is 0 Å². The molecule has 0 saturated heterocycles. The lowest BCUT2D eigenvalue weighted by Gasteiger charge is -2.23. The van der Waals surface area contributed by atoms with Crippen LogP contribution in [0.2, 0.25) is 0 Å². The SMILES string of the molecule is Cn1c(CN(Cc2ccccn2)C(=O)COc2ccccc2)cc2ccccc21. The van der Waals surface area contributed by atoms with Crippen LogP contribution in [0, 0.1) is 0 Å². The normalized spacial score (nSPS) is 10.8. The monoisotopic (exact) mass is 385 g/mol. The van der Waals surface area contributed by atoms with Gasteiger partial charge in [0.15, 0.2) is 6.61 Å². The minimum Gasteiger partial charge on any atom is -0.484 e. The van der Waals surface area contributed by atoms with Crippen molar-refractivity contribution in [3.05, 3.63) is 96.4 Å². The lowest BCUT2D eigenvalue weighted by molar-refractivity contribution is -0.134. The molecule has 0 radical (unpaired) electrons. The molecule has 0 saturated carbocycles. The van der Waals surface area contributed by atoms with Crippen LogP contribution in [0.1, 0.15) is 11.4 Å². The highest BCUT2D eigenvalue weighted by molar-refractivity contribution is 5.82. The molecule has 1 amide bonds. The summed E-state index contributed by atoms with van der Waals surface area (Å²) in [5.74, 6) is 0.605. The first kappa shape index (κ1) is 18.7. The molecule has 0 fully saturated rings. The topological polar surface area (TPSA) is 47.4 Å². The molecular formula is C24H23N3O2. The lowest BCUT2D eigenvalue weighted by atomic mass is 10.2. The van der Waals surface area contributed by atoms with Gasteiger partial charge in [0, 0.05) is 24.5 Å². The Morgan fingerprint density at radius 3 is 2.48 bits per heavy atom. The Balaban J connectivity index is 1.55. The first-order valence-corrected chi connectivity index (χ1v) is 9.59. The Labute approximate surface area is 170 Å². The zero-order valence-corrected chi connectivity index (χ0v) is 16.4. The van der Waals surface area contributed by atoms with E-state index in [9.17, 15) is 4.79 Å². The van der Waals surface area contributed by atoms with Crippen molar-refractivity contribution in [2.24, 2.45) is 7.05 Å². The van der Waals surface area contributed by atoms with Crippen molar-refractivity contribution < 1.29 is 9.53 Å². The fourth-order valence-corrected chi connectivity index (χ4v) is 3.37. The van der Waals surface area contributed by atoms with Crippen LogP contribution in [-0.4, -0.2) is 27.0 Å². The second-order valence-electron chi connectivity index (χ2n) is 6.93. The number of hydrogen-bond acceptors (Lipinski definition) is 3. The number of aryl methyl sites for hydroxylation is 1. The predicted molar refractivity (Wildman–Crippen MR) is 113 cm³/mol. The Morgan fingerprint density at radius 2 is 1.72 bits per heavy atom. The van der Waals surface area contributed by atoms with Crippen LogP contribution in [0.4, 0.5) is 0 Å². The summed E-state index contributed by atoms with van der Waals surface area (Å²) < 4.78 is 7.83. The molecule has 0 N–H and O–H groups in total. The van der Waals surface area contributed by atoms with E-state index in [1.807, 2.05) is 67.7 Å². The molecule has 2 heterocycles. The van der Waals surface area contributed by atoms with Crippen LogP contribution in [0.3, 0.4) is 0 Å². The molecule has 5 heteroatoms. The summed E-state index contributed by atoms with van der Waals surface area (Å²) in [5.41, 5.74) is 3.06. The van der Waals surface area contributed by atoms with Crippen molar-refractivity contribution in [1.82, 2.24) is 14.5 Å². The predicted octanol–water partition coefficient (Wildman–Crippen LogP) is 4.18. The van der Waals surface area contributed by atoms with E-state index in [0.717, 1.165) is 22.3 Å². The Hall–Kier alpha value is -3.60. The van der Waals surface area contributed by atoms with Crippen molar-refractivity contribution in [1.29, 1.82) is 0 Å². The van der Waals surface area contributed by atoms with Crippen molar-refractivity contribution in [2.75, 3.05) is 6.61 Å². The fourth-order valence-electron chi connectivity index (χ4n) is 3.37. The molecule has 0 spiro atoms. The standard InChI is InChI=1S/C24H23N3O2/c1-26-21(15-19-9-5-6-13-23(19)26)17-27(16-20-10-7-8-14-25-20)24(28)18-29-22-11-3-2-4-12-22/h2-15H,16-18H2,1H3. The fraction of sp³-hybridized carbons (Fsp3) is 0.167. The van der Waals surface area contributed by atoms with E-state index in [1.54, 1.807) is 11.1 Å². The number of pyridine rings is 1. The van der Waals surface area contributed by atoms with E-state index in [2.05, 4.69) is 27.8 Å². The summed E-state index contributed by atoms with van der Waals surface area (Å²) in [5, 5.41) is 1.16. The molecule has 146 valence electrons. The molecule has 4 aromatic rings. The number of hydrogen-bond donors (Lipinski definition) is 0. The first-order chi connectivity index (χ1) is 14.2. The van der Waals surface area contributed by atoms with E-state index in [-0.39, 0.29) is 12.5 Å². The van der Waals surface area contributed by atoms with Crippen molar-refractivity contribution in [2.45, 2.75) is 13.1 Å². The average Bonchev–Trinajstić information content (AvgIpc) is 3.08. The van der Waals surface area contributed by atoms with Gasteiger partial charge in [-0.15, -0.1) is 0 Å². The van der Waals surface area contributed by atoms with Gasteiger partial charge in [-0.05, 0) is 41.8 Å². The van der Waals surface area contributed by atoms with Crippen LogP contribution >= 0.6 is 0 Å². The number of rotatable bonds is 7. The highest BCUT2D eigenvalue weighted by Crippen LogP contribution is 2.20. The summed E-state index contributed by atoms with van der Waals surface area (Å²) in [6.45, 7) is 0.902. The second-order valence-corrected chi connectivity index (χ2v) is 6.93. The van der Waals surface area contributed by atoms with Crippen LogP contribution in [0.25, 0.3) is 10.9 Å². The number of fused-ring (bicyclic) bond motifs is 1. The van der Waals surface area contributed by atoms with Crippen LogP contribution in [0.15, 0.2) is 85.1 Å². The summed E-state index contributed by atoms with van der Waals surface area (Å²) in [4.78, 5) is 19.2. The van der Waals surface area contributed by atoms with E-state index in [1.165, 1.54) is 0 Å². The van der Waals surface area contributed by atoms with E-state index in [0.29, 0.717) is 18.8 Å². The molecular weight excluding hydrogens is 362 g/mol. The van der Waals surface area contributed by atoms with Gasteiger partial charge in [-0.25, -0.2) is 0 Å². The summed E-state index contributed by atoms with van der Waals surface area (Å²) in [7, 11) is 2.03. The zero-order valence-electron chi connectivity index (χ0n) is 16.4. The quantitative estimate of drug-likeness (QED) is 0.479. The smallest absolute Gasteiger partial charge is 0.261 e. The zero-order chi connectivity index (χ0) is 20.1. The third kappa shape index (κ3) is 4.46. The van der Waals surface area contributed by atoms with Crippen molar-refractivity contribution in [3.63, 3.8) is 0 Å². The molecule has 0 aliphatic heterocycles. The summed E-state index contributed by atoms with van der Waals surface area (Å²) in [6, 6.07) is 25.5. The molecule has 2 aromatic carbocycles. The van der Waals surface area contributed by atoms with Crippen LogP contribution in [0.5, 0.6) is 5.75 Å². The van der Waals surface area contributed by atoms with Gasteiger partial charge >= 0.3 is 0 Å². The number of ether oxygens (including phenoxy) is 1. The Bertz CT molecular complexity index is 1090. The third-order valence-corrected chi connectivity index (χ3v) is 4.94. The number of amides is 1. The highest BCUT2D eigenvalue weighted by atomic mass is 16.5. The molecule has 4 rings (SSSR count). The highest BCUT2D eigenvalue weighted by Gasteiger charge is 2.18. The summed E-state index contributed by atoms with van der Waals surface area (Å²) in [6.07, 6.45) is 1.75. The number of nitrogens with zero attached hydrogens (tertiary/aromatic N) is 3. The first-order valence-electron chi connectivity index (χ1n) is 9.59. The van der Waals surface area contributed by atoms with Gasteiger partial charge in [-0.3, -0.25) is 9.78 Å². The molecule has 0 bridgehead atoms. The lowest BCUT2D eigenvalue weighted by Crippen LogP contribution is -2.34. The minimum atomic E-state index is -0.0789. The maximum absolute atomic E-state index is 13.0. The number of para-hydroxylation sites is 2. The largest absolute Gasteiger partial charge is 0.484 e. The third-order valence-electron chi connectivity index (χ3n) is 4.94. The second kappa shape index (κ2) is 8.61. The van der Waals surface area contributed by atoms with Crippen LogP contribution < -0.4 is 4.74 Å². The molecule has 0 aliphatic rings. The molecule has 0 unspecified atom stereocenters. The van der Waals surface area contributed by atoms with Crippen molar-refractivity contribution >= 4 is 16.8 Å². The van der Waals surface area contributed by atoms with E-state index >= 15 is 0 Å². The van der Waals surface area contributed by atoms with Gasteiger partial charge in [0.25, 0.3) is 5.91 Å². The number of carbonyl (C=O) groups is 1. The molecule has 0 atom stereocenters. The minimum absolute atomic E-state index is 0.0131. The van der Waals surface area contributed by atoms with Gasteiger partial charge in [0.05, 0.1) is 18.8 Å². The van der Waals surface area contributed by atoms with Gasteiger partial charge in [0.2, 0.25) is 0 Å².